The number of nitrogens with zero attached hydrogens (tertiary/aromatic N) is 1. The summed E-state index contributed by atoms with van der Waals surface area (Å²) in [6.45, 7) is 3.81. The number of hydrogen-bond donors (Lipinski definition) is 3. The molecule has 0 aliphatic rings. The molecule has 0 saturated carbocycles. The number of halogens is 2. The van der Waals surface area contributed by atoms with Crippen LogP contribution in [0, 0.1) is 0 Å². The molecule has 38 heavy (non-hydrogen) atoms. The molecule has 0 radical (unpaired) electrons. The van der Waals surface area contributed by atoms with Crippen molar-refractivity contribution < 1.29 is 23.9 Å². The minimum Gasteiger partial charge on any atom is -0.490 e. The monoisotopic (exact) mass is 556 g/mol. The molecule has 3 amide bonds. The topological polar surface area (TPSA) is 118 Å². The standard InChI is InChI=1S/C27H26Cl2N4O5/c1-3-18-7-5-6-8-22(18)32-26(35)27(36)33-30-15-17-9-10-23(24(11-17)37-4-2)38-16-25(34)31-21-13-19(28)12-20(29)14-21/h5-15H,3-4,16H2,1-2H3,(H,31,34)(H,32,35)(H,33,36)/b30-15-. The fourth-order valence-electron chi connectivity index (χ4n) is 3.30. The third-order valence-corrected chi connectivity index (χ3v) is 5.44. The molecule has 3 N–H and O–H groups in total. The van der Waals surface area contributed by atoms with E-state index in [0.717, 1.165) is 5.56 Å². The molecule has 0 fully saturated rings. The molecule has 0 aliphatic heterocycles. The van der Waals surface area contributed by atoms with Crippen molar-refractivity contribution in [2.75, 3.05) is 23.8 Å². The molecular formula is C27H26Cl2N4O5. The third kappa shape index (κ3) is 8.50. The highest BCUT2D eigenvalue weighted by Crippen LogP contribution is 2.28. The van der Waals surface area contributed by atoms with Crippen LogP contribution in [0.5, 0.6) is 11.5 Å². The number of aryl methyl sites for hydroxylation is 1. The zero-order valence-corrected chi connectivity index (χ0v) is 22.2. The van der Waals surface area contributed by atoms with E-state index in [1.54, 1.807) is 55.5 Å². The average Bonchev–Trinajstić information content (AvgIpc) is 2.88. The molecule has 9 nitrogen and oxygen atoms in total. The fraction of sp³-hybridized carbons (Fsp3) is 0.185. The van der Waals surface area contributed by atoms with E-state index in [-0.39, 0.29) is 6.61 Å². The van der Waals surface area contributed by atoms with Crippen molar-refractivity contribution in [2.24, 2.45) is 5.10 Å². The number of para-hydroxylation sites is 1. The molecule has 0 saturated heterocycles. The fourth-order valence-corrected chi connectivity index (χ4v) is 3.83. The average molecular weight is 557 g/mol. The molecule has 0 spiro atoms. The summed E-state index contributed by atoms with van der Waals surface area (Å²) in [6, 6.07) is 16.8. The Morgan fingerprint density at radius 3 is 2.32 bits per heavy atom. The van der Waals surface area contributed by atoms with E-state index in [0.29, 0.717) is 51.5 Å². The molecule has 3 aromatic rings. The van der Waals surface area contributed by atoms with Gasteiger partial charge in [-0.15, -0.1) is 0 Å². The van der Waals surface area contributed by atoms with E-state index < -0.39 is 17.7 Å². The Balaban J connectivity index is 1.57. The van der Waals surface area contributed by atoms with Gasteiger partial charge in [0, 0.05) is 21.4 Å². The van der Waals surface area contributed by atoms with Crippen molar-refractivity contribution in [3.8, 4) is 11.5 Å². The van der Waals surface area contributed by atoms with Gasteiger partial charge in [-0.25, -0.2) is 5.43 Å². The molecule has 3 aromatic carbocycles. The van der Waals surface area contributed by atoms with Crippen LogP contribution in [0.3, 0.4) is 0 Å². The first-order valence-electron chi connectivity index (χ1n) is 11.7. The number of benzene rings is 3. The highest BCUT2D eigenvalue weighted by atomic mass is 35.5. The highest BCUT2D eigenvalue weighted by Gasteiger charge is 2.14. The number of hydrogen-bond acceptors (Lipinski definition) is 6. The second-order valence-corrected chi connectivity index (χ2v) is 8.67. The van der Waals surface area contributed by atoms with Gasteiger partial charge in [-0.05, 0) is 66.9 Å². The summed E-state index contributed by atoms with van der Waals surface area (Å²) < 4.78 is 11.2. The predicted molar refractivity (Wildman–Crippen MR) is 148 cm³/mol. The zero-order chi connectivity index (χ0) is 27.5. The number of anilines is 2. The van der Waals surface area contributed by atoms with Gasteiger partial charge in [0.2, 0.25) is 0 Å². The molecule has 11 heteroatoms. The van der Waals surface area contributed by atoms with E-state index in [2.05, 4.69) is 21.2 Å². The van der Waals surface area contributed by atoms with Crippen LogP contribution in [0.15, 0.2) is 65.8 Å². The van der Waals surface area contributed by atoms with E-state index in [9.17, 15) is 14.4 Å². The van der Waals surface area contributed by atoms with Gasteiger partial charge in [0.25, 0.3) is 5.91 Å². The summed E-state index contributed by atoms with van der Waals surface area (Å²) in [6.07, 6.45) is 2.06. The maximum atomic E-state index is 12.3. The molecule has 0 heterocycles. The van der Waals surface area contributed by atoms with E-state index in [4.69, 9.17) is 32.7 Å². The zero-order valence-electron chi connectivity index (χ0n) is 20.7. The van der Waals surface area contributed by atoms with Crippen molar-refractivity contribution in [3.05, 3.63) is 81.8 Å². The Morgan fingerprint density at radius 1 is 0.868 bits per heavy atom. The summed E-state index contributed by atoms with van der Waals surface area (Å²) in [5.41, 5.74) is 4.69. The Labute approximate surface area is 230 Å². The Hall–Kier alpha value is -4.08. The molecule has 3 rings (SSSR count). The first-order chi connectivity index (χ1) is 18.3. The molecule has 0 bridgehead atoms. The van der Waals surface area contributed by atoms with Crippen LogP contribution < -0.4 is 25.5 Å². The first-order valence-corrected chi connectivity index (χ1v) is 12.4. The second kappa shape index (κ2) is 14.0. The lowest BCUT2D eigenvalue weighted by Crippen LogP contribution is -2.32. The molecule has 0 aromatic heterocycles. The minimum atomic E-state index is -0.913. The van der Waals surface area contributed by atoms with Gasteiger partial charge in [0.1, 0.15) is 0 Å². The number of carbonyl (C=O) groups excluding carboxylic acids is 3. The predicted octanol–water partition coefficient (Wildman–Crippen LogP) is 5.06. The number of rotatable bonds is 10. The smallest absolute Gasteiger partial charge is 0.329 e. The van der Waals surface area contributed by atoms with Crippen molar-refractivity contribution in [1.82, 2.24) is 5.43 Å². The van der Waals surface area contributed by atoms with Crippen LogP contribution in [0.4, 0.5) is 11.4 Å². The maximum Gasteiger partial charge on any atom is 0.329 e. The number of nitrogens with one attached hydrogen (secondary N) is 3. The van der Waals surface area contributed by atoms with Crippen LogP contribution in [0.2, 0.25) is 10.0 Å². The number of amides is 3. The quantitative estimate of drug-likeness (QED) is 0.183. The lowest BCUT2D eigenvalue weighted by atomic mass is 10.1. The van der Waals surface area contributed by atoms with Gasteiger partial charge in [-0.2, -0.15) is 5.10 Å². The van der Waals surface area contributed by atoms with E-state index in [1.165, 1.54) is 6.21 Å². The van der Waals surface area contributed by atoms with Crippen molar-refractivity contribution in [2.45, 2.75) is 20.3 Å². The van der Waals surface area contributed by atoms with Gasteiger partial charge in [-0.1, -0.05) is 48.3 Å². The second-order valence-electron chi connectivity index (χ2n) is 7.80. The molecule has 0 atom stereocenters. The lowest BCUT2D eigenvalue weighted by Gasteiger charge is -2.13. The Bertz CT molecular complexity index is 1330. The summed E-state index contributed by atoms with van der Waals surface area (Å²) in [5, 5.41) is 9.87. The third-order valence-electron chi connectivity index (χ3n) is 5.01. The van der Waals surface area contributed by atoms with Gasteiger partial charge in [0.05, 0.1) is 12.8 Å². The van der Waals surface area contributed by atoms with Gasteiger partial charge in [0.15, 0.2) is 18.1 Å². The molecule has 198 valence electrons. The summed E-state index contributed by atoms with van der Waals surface area (Å²) in [5.74, 6) is -1.46. The van der Waals surface area contributed by atoms with Crippen LogP contribution >= 0.6 is 23.2 Å². The summed E-state index contributed by atoms with van der Waals surface area (Å²) in [4.78, 5) is 36.6. The summed E-state index contributed by atoms with van der Waals surface area (Å²) >= 11 is 11.9. The Kier molecular flexibility index (Phi) is 10.5. The number of hydrazone groups is 1. The minimum absolute atomic E-state index is 0.288. The van der Waals surface area contributed by atoms with Gasteiger partial charge >= 0.3 is 11.8 Å². The van der Waals surface area contributed by atoms with Crippen molar-refractivity contribution >= 4 is 58.5 Å². The van der Waals surface area contributed by atoms with Gasteiger partial charge in [-0.3, -0.25) is 14.4 Å². The van der Waals surface area contributed by atoms with Crippen LogP contribution in [-0.4, -0.2) is 37.1 Å². The van der Waals surface area contributed by atoms with Gasteiger partial charge < -0.3 is 20.1 Å². The number of carbonyl (C=O) groups is 3. The van der Waals surface area contributed by atoms with Crippen LogP contribution in [0.1, 0.15) is 25.0 Å². The van der Waals surface area contributed by atoms with Crippen molar-refractivity contribution in [3.63, 3.8) is 0 Å². The number of ether oxygens (including phenoxy) is 2. The largest absolute Gasteiger partial charge is 0.490 e. The van der Waals surface area contributed by atoms with Crippen LogP contribution in [0.25, 0.3) is 0 Å². The highest BCUT2D eigenvalue weighted by molar-refractivity contribution is 6.39. The van der Waals surface area contributed by atoms with E-state index >= 15 is 0 Å². The first kappa shape index (κ1) is 28.5. The normalized spacial score (nSPS) is 10.6. The summed E-state index contributed by atoms with van der Waals surface area (Å²) in [7, 11) is 0. The van der Waals surface area contributed by atoms with Crippen molar-refractivity contribution in [1.29, 1.82) is 0 Å². The maximum absolute atomic E-state index is 12.3. The molecular weight excluding hydrogens is 531 g/mol. The molecule has 0 aliphatic carbocycles. The SMILES string of the molecule is CCOc1cc(/C=N\NC(=O)C(=O)Nc2ccccc2CC)ccc1OCC(=O)Nc1cc(Cl)cc(Cl)c1. The lowest BCUT2D eigenvalue weighted by molar-refractivity contribution is -0.136. The Morgan fingerprint density at radius 2 is 1.61 bits per heavy atom. The van der Waals surface area contributed by atoms with Crippen LogP contribution in [-0.2, 0) is 20.8 Å². The van der Waals surface area contributed by atoms with E-state index in [1.807, 2.05) is 19.1 Å². The molecule has 0 unspecified atom stereocenters.